The van der Waals surface area contributed by atoms with E-state index in [0.29, 0.717) is 39.0 Å². The van der Waals surface area contributed by atoms with Crippen LogP contribution in [-0.2, 0) is 27.5 Å². The standard InChI is InChI=1S/C26H37N3O4/c1-19(2)25(26(31)28-16-20-9-5-4-6-10-20)29-24(30)14-8-12-22(27)18-33-17-21-11-7-13-23(15-21)32-3/h4-7,9-11,13,15,19,22,25H,8,12,14,16-18,27H2,1-3H3,(H,28,31)(H,29,30)/t22-,25?/m1/s1. The Morgan fingerprint density at radius 2 is 1.76 bits per heavy atom. The Kier molecular flexibility index (Phi) is 11.4. The molecule has 0 radical (unpaired) electrons. The molecule has 0 saturated heterocycles. The molecule has 2 rings (SSSR count). The number of hydrogen-bond acceptors (Lipinski definition) is 5. The van der Waals surface area contributed by atoms with Gasteiger partial charge in [0.1, 0.15) is 11.8 Å². The molecule has 0 saturated carbocycles. The molecule has 7 nitrogen and oxygen atoms in total. The first-order valence-electron chi connectivity index (χ1n) is 11.5. The summed E-state index contributed by atoms with van der Waals surface area (Å²) in [6, 6.07) is 16.7. The Morgan fingerprint density at radius 1 is 1.03 bits per heavy atom. The van der Waals surface area contributed by atoms with Crippen LogP contribution in [0.15, 0.2) is 54.6 Å². The maximum Gasteiger partial charge on any atom is 0.243 e. The molecule has 2 aromatic rings. The highest BCUT2D eigenvalue weighted by molar-refractivity contribution is 5.87. The summed E-state index contributed by atoms with van der Waals surface area (Å²) < 4.78 is 10.9. The van der Waals surface area contributed by atoms with Crippen molar-refractivity contribution in [2.75, 3.05) is 13.7 Å². The lowest BCUT2D eigenvalue weighted by Gasteiger charge is -2.22. The monoisotopic (exact) mass is 455 g/mol. The van der Waals surface area contributed by atoms with E-state index in [1.165, 1.54) is 0 Å². The summed E-state index contributed by atoms with van der Waals surface area (Å²) >= 11 is 0. The van der Waals surface area contributed by atoms with Crippen LogP contribution in [0.4, 0.5) is 0 Å². The van der Waals surface area contributed by atoms with E-state index in [4.69, 9.17) is 15.2 Å². The SMILES string of the molecule is COc1cccc(COC[C@H](N)CCCC(=O)NC(C(=O)NCc2ccccc2)C(C)C)c1. The zero-order valence-corrected chi connectivity index (χ0v) is 19.9. The number of carbonyl (C=O) groups is 2. The summed E-state index contributed by atoms with van der Waals surface area (Å²) in [4.78, 5) is 25.0. The van der Waals surface area contributed by atoms with Crippen molar-refractivity contribution in [3.05, 3.63) is 65.7 Å². The molecule has 0 aromatic heterocycles. The van der Waals surface area contributed by atoms with E-state index in [2.05, 4.69) is 10.6 Å². The van der Waals surface area contributed by atoms with Crippen LogP contribution in [0.1, 0.15) is 44.2 Å². The second-order valence-electron chi connectivity index (χ2n) is 8.51. The average Bonchev–Trinajstić information content (AvgIpc) is 2.81. The Hall–Kier alpha value is -2.90. The molecule has 4 N–H and O–H groups in total. The van der Waals surface area contributed by atoms with E-state index < -0.39 is 6.04 Å². The third-order valence-electron chi connectivity index (χ3n) is 5.29. The van der Waals surface area contributed by atoms with Gasteiger partial charge in [0.15, 0.2) is 0 Å². The fourth-order valence-corrected chi connectivity index (χ4v) is 3.37. The highest BCUT2D eigenvalue weighted by Crippen LogP contribution is 2.13. The van der Waals surface area contributed by atoms with Crippen molar-refractivity contribution in [1.82, 2.24) is 10.6 Å². The van der Waals surface area contributed by atoms with Crippen LogP contribution in [-0.4, -0.2) is 37.6 Å². The van der Waals surface area contributed by atoms with Gasteiger partial charge in [0.2, 0.25) is 11.8 Å². The first-order chi connectivity index (χ1) is 15.9. The van der Waals surface area contributed by atoms with Gasteiger partial charge in [-0.1, -0.05) is 56.3 Å². The number of nitrogens with two attached hydrogens (primary N) is 1. The summed E-state index contributed by atoms with van der Waals surface area (Å²) in [6.45, 7) is 5.14. The lowest BCUT2D eigenvalue weighted by Crippen LogP contribution is -2.49. The Balaban J connectivity index is 1.66. The molecule has 2 aromatic carbocycles. The molecule has 0 spiro atoms. The van der Waals surface area contributed by atoms with Crippen LogP contribution in [0.3, 0.4) is 0 Å². The van der Waals surface area contributed by atoms with Crippen LogP contribution in [0, 0.1) is 5.92 Å². The maximum absolute atomic E-state index is 12.6. The number of methoxy groups -OCH3 is 1. The second-order valence-corrected chi connectivity index (χ2v) is 8.51. The highest BCUT2D eigenvalue weighted by Gasteiger charge is 2.23. The molecule has 2 amide bonds. The van der Waals surface area contributed by atoms with Crippen molar-refractivity contribution >= 4 is 11.8 Å². The minimum atomic E-state index is -0.568. The van der Waals surface area contributed by atoms with E-state index in [-0.39, 0.29) is 23.8 Å². The summed E-state index contributed by atoms with van der Waals surface area (Å²) in [7, 11) is 1.63. The van der Waals surface area contributed by atoms with Crippen LogP contribution in [0.2, 0.25) is 0 Å². The van der Waals surface area contributed by atoms with Crippen molar-refractivity contribution in [2.24, 2.45) is 11.7 Å². The summed E-state index contributed by atoms with van der Waals surface area (Å²) in [5, 5.41) is 5.77. The molecule has 180 valence electrons. The van der Waals surface area contributed by atoms with Crippen molar-refractivity contribution in [2.45, 2.75) is 58.3 Å². The molecule has 0 bridgehead atoms. The van der Waals surface area contributed by atoms with E-state index in [1.54, 1.807) is 7.11 Å². The highest BCUT2D eigenvalue weighted by atomic mass is 16.5. The zero-order valence-electron chi connectivity index (χ0n) is 19.9. The summed E-state index contributed by atoms with van der Waals surface area (Å²) in [5.74, 6) is 0.453. The number of benzene rings is 2. The summed E-state index contributed by atoms with van der Waals surface area (Å²) in [6.07, 6.45) is 1.61. The quantitative estimate of drug-likeness (QED) is 0.406. The predicted octanol–water partition coefficient (Wildman–Crippen LogP) is 3.17. The molecular weight excluding hydrogens is 418 g/mol. The number of hydrogen-bond donors (Lipinski definition) is 3. The van der Waals surface area contributed by atoms with Gasteiger partial charge in [0, 0.05) is 19.0 Å². The molecule has 0 heterocycles. The normalized spacial score (nSPS) is 12.8. The van der Waals surface area contributed by atoms with Crippen molar-refractivity contribution in [3.8, 4) is 5.75 Å². The van der Waals surface area contributed by atoms with Gasteiger partial charge in [-0.25, -0.2) is 0 Å². The van der Waals surface area contributed by atoms with Gasteiger partial charge in [0.25, 0.3) is 0 Å². The van der Waals surface area contributed by atoms with E-state index in [0.717, 1.165) is 16.9 Å². The number of amides is 2. The molecule has 0 aliphatic heterocycles. The van der Waals surface area contributed by atoms with Crippen LogP contribution in [0.25, 0.3) is 0 Å². The Labute approximate surface area is 197 Å². The van der Waals surface area contributed by atoms with Gasteiger partial charge in [-0.15, -0.1) is 0 Å². The lowest BCUT2D eigenvalue weighted by atomic mass is 10.0. The van der Waals surface area contributed by atoms with Crippen LogP contribution < -0.4 is 21.1 Å². The van der Waals surface area contributed by atoms with Crippen LogP contribution >= 0.6 is 0 Å². The van der Waals surface area contributed by atoms with E-state index >= 15 is 0 Å². The van der Waals surface area contributed by atoms with E-state index in [1.807, 2.05) is 68.4 Å². The molecule has 33 heavy (non-hydrogen) atoms. The fraction of sp³-hybridized carbons (Fsp3) is 0.462. The largest absolute Gasteiger partial charge is 0.497 e. The molecule has 7 heteroatoms. The molecule has 2 atom stereocenters. The predicted molar refractivity (Wildman–Crippen MR) is 130 cm³/mol. The molecule has 0 fully saturated rings. The second kappa shape index (κ2) is 14.3. The number of rotatable bonds is 14. The van der Waals surface area contributed by atoms with Gasteiger partial charge in [-0.05, 0) is 42.0 Å². The van der Waals surface area contributed by atoms with Crippen molar-refractivity contribution in [1.29, 1.82) is 0 Å². The maximum atomic E-state index is 12.6. The number of nitrogens with one attached hydrogen (secondary N) is 2. The molecular formula is C26H37N3O4. The number of ether oxygens (including phenoxy) is 2. The van der Waals surface area contributed by atoms with Crippen molar-refractivity contribution < 1.29 is 19.1 Å². The smallest absolute Gasteiger partial charge is 0.243 e. The third kappa shape index (κ3) is 10.1. The molecule has 0 aliphatic rings. The van der Waals surface area contributed by atoms with Crippen LogP contribution in [0.5, 0.6) is 5.75 Å². The van der Waals surface area contributed by atoms with Gasteiger partial charge in [-0.2, -0.15) is 0 Å². The van der Waals surface area contributed by atoms with Gasteiger partial charge < -0.3 is 25.8 Å². The minimum absolute atomic E-state index is 0.0167. The van der Waals surface area contributed by atoms with Crippen molar-refractivity contribution in [3.63, 3.8) is 0 Å². The minimum Gasteiger partial charge on any atom is -0.497 e. The first kappa shape index (κ1) is 26.4. The Bertz CT molecular complexity index is 858. The lowest BCUT2D eigenvalue weighted by molar-refractivity contribution is -0.130. The van der Waals surface area contributed by atoms with E-state index in [9.17, 15) is 9.59 Å². The number of carbonyl (C=O) groups excluding carboxylic acids is 2. The van der Waals surface area contributed by atoms with Gasteiger partial charge in [0.05, 0.1) is 20.3 Å². The summed E-state index contributed by atoms with van der Waals surface area (Å²) in [5.41, 5.74) is 8.16. The van der Waals surface area contributed by atoms with Gasteiger partial charge in [-0.3, -0.25) is 9.59 Å². The molecule has 1 unspecified atom stereocenters. The Morgan fingerprint density at radius 3 is 2.45 bits per heavy atom. The topological polar surface area (TPSA) is 103 Å². The average molecular weight is 456 g/mol. The third-order valence-corrected chi connectivity index (χ3v) is 5.29. The molecule has 0 aliphatic carbocycles. The van der Waals surface area contributed by atoms with Gasteiger partial charge >= 0.3 is 0 Å². The fourth-order valence-electron chi connectivity index (χ4n) is 3.37. The zero-order chi connectivity index (χ0) is 24.1. The first-order valence-corrected chi connectivity index (χ1v) is 11.5.